The van der Waals surface area contributed by atoms with Crippen molar-refractivity contribution in [2.75, 3.05) is 18.9 Å². The molecule has 0 saturated heterocycles. The summed E-state index contributed by atoms with van der Waals surface area (Å²) in [5.74, 6) is 1.67. The van der Waals surface area contributed by atoms with Crippen molar-refractivity contribution in [3.8, 4) is 0 Å². The Morgan fingerprint density at radius 1 is 1.15 bits per heavy atom. The summed E-state index contributed by atoms with van der Waals surface area (Å²) < 4.78 is 3.95. The van der Waals surface area contributed by atoms with Gasteiger partial charge in [-0.05, 0) is 76.6 Å². The molecule has 1 heterocycles. The van der Waals surface area contributed by atoms with Crippen molar-refractivity contribution in [2.24, 2.45) is 11.0 Å². The minimum Gasteiger partial charge on any atom is -0.385 e. The molecule has 6 nitrogen and oxygen atoms in total. The first kappa shape index (κ1) is 19.3. The minimum atomic E-state index is 0.287. The Balaban J connectivity index is 1.40. The SMILES string of the molecule is CN1NNN=C1c1ccc(NC[C@H]2CC[C@H](NSC(C)(C)C)CC2)cc1. The maximum atomic E-state index is 4.23. The van der Waals surface area contributed by atoms with Gasteiger partial charge in [0.05, 0.1) is 0 Å². The van der Waals surface area contributed by atoms with E-state index < -0.39 is 0 Å². The smallest absolute Gasteiger partial charge is 0.172 e. The van der Waals surface area contributed by atoms with Crippen LogP contribution in [0.4, 0.5) is 5.69 Å². The van der Waals surface area contributed by atoms with E-state index in [9.17, 15) is 0 Å². The van der Waals surface area contributed by atoms with Crippen LogP contribution in [0.1, 0.15) is 52.0 Å². The number of hydrogen-bond acceptors (Lipinski definition) is 7. The topological polar surface area (TPSA) is 63.7 Å². The molecular weight excluding hydrogens is 344 g/mol. The number of benzene rings is 1. The number of nitrogens with zero attached hydrogens (tertiary/aromatic N) is 2. The molecule has 144 valence electrons. The number of nitrogens with one attached hydrogen (secondary N) is 4. The van der Waals surface area contributed by atoms with Crippen molar-refractivity contribution in [3.05, 3.63) is 29.8 Å². The van der Waals surface area contributed by atoms with E-state index in [0.717, 1.165) is 23.9 Å². The molecule has 1 aromatic carbocycles. The molecule has 0 aromatic heterocycles. The molecule has 0 radical (unpaired) electrons. The molecule has 0 amide bonds. The van der Waals surface area contributed by atoms with Gasteiger partial charge >= 0.3 is 0 Å². The summed E-state index contributed by atoms with van der Waals surface area (Å²) >= 11 is 1.88. The van der Waals surface area contributed by atoms with Gasteiger partial charge in [-0.15, -0.1) is 10.6 Å². The molecule has 3 rings (SSSR count). The van der Waals surface area contributed by atoms with Gasteiger partial charge in [-0.25, -0.2) is 5.53 Å². The van der Waals surface area contributed by atoms with Gasteiger partial charge in [0, 0.05) is 35.6 Å². The van der Waals surface area contributed by atoms with Crippen molar-refractivity contribution in [1.29, 1.82) is 0 Å². The lowest BCUT2D eigenvalue weighted by Gasteiger charge is -2.31. The third-order valence-corrected chi connectivity index (χ3v) is 5.88. The molecule has 0 bridgehead atoms. The van der Waals surface area contributed by atoms with Crippen LogP contribution in [-0.4, -0.2) is 35.2 Å². The molecule has 1 saturated carbocycles. The second-order valence-corrected chi connectivity index (χ2v) is 9.89. The van der Waals surface area contributed by atoms with E-state index in [1.54, 1.807) is 0 Å². The van der Waals surface area contributed by atoms with Crippen molar-refractivity contribution in [2.45, 2.75) is 57.2 Å². The van der Waals surface area contributed by atoms with Crippen LogP contribution in [0.25, 0.3) is 0 Å². The normalized spacial score (nSPS) is 23.5. The highest BCUT2D eigenvalue weighted by Gasteiger charge is 2.22. The summed E-state index contributed by atoms with van der Waals surface area (Å²) in [6.07, 6.45) is 5.15. The second-order valence-electron chi connectivity index (χ2n) is 8.23. The van der Waals surface area contributed by atoms with Gasteiger partial charge in [0.1, 0.15) is 0 Å². The van der Waals surface area contributed by atoms with Crippen LogP contribution in [0.15, 0.2) is 29.4 Å². The second kappa shape index (κ2) is 8.50. The number of hydrazine groups is 2. The van der Waals surface area contributed by atoms with E-state index in [4.69, 9.17) is 0 Å². The van der Waals surface area contributed by atoms with Gasteiger partial charge in [0.15, 0.2) is 5.84 Å². The molecule has 26 heavy (non-hydrogen) atoms. The molecule has 2 aliphatic rings. The molecular formula is C19H32N6S. The van der Waals surface area contributed by atoms with Gasteiger partial charge in [0.25, 0.3) is 0 Å². The van der Waals surface area contributed by atoms with Crippen LogP contribution in [0.5, 0.6) is 0 Å². The lowest BCUT2D eigenvalue weighted by atomic mass is 9.86. The summed E-state index contributed by atoms with van der Waals surface area (Å²) in [5.41, 5.74) is 7.97. The van der Waals surface area contributed by atoms with Crippen molar-refractivity contribution >= 4 is 23.5 Å². The first-order chi connectivity index (χ1) is 12.4. The predicted octanol–water partition coefficient (Wildman–Crippen LogP) is 3.31. The van der Waals surface area contributed by atoms with E-state index in [2.05, 4.69) is 71.2 Å². The largest absolute Gasteiger partial charge is 0.385 e. The van der Waals surface area contributed by atoms with Gasteiger partial charge in [-0.2, -0.15) is 0 Å². The average molecular weight is 377 g/mol. The zero-order valence-corrected chi connectivity index (χ0v) is 17.1. The number of rotatable bonds is 6. The highest BCUT2D eigenvalue weighted by Crippen LogP contribution is 2.28. The summed E-state index contributed by atoms with van der Waals surface area (Å²) in [6.45, 7) is 7.84. The predicted molar refractivity (Wildman–Crippen MR) is 112 cm³/mol. The van der Waals surface area contributed by atoms with E-state index >= 15 is 0 Å². The van der Waals surface area contributed by atoms with Crippen LogP contribution >= 0.6 is 11.9 Å². The first-order valence-corrected chi connectivity index (χ1v) is 10.3. The fourth-order valence-electron chi connectivity index (χ4n) is 3.28. The Morgan fingerprint density at radius 2 is 1.85 bits per heavy atom. The highest BCUT2D eigenvalue weighted by molar-refractivity contribution is 7.98. The number of anilines is 1. The first-order valence-electron chi connectivity index (χ1n) is 9.50. The van der Waals surface area contributed by atoms with Crippen LogP contribution < -0.4 is 21.1 Å². The van der Waals surface area contributed by atoms with Gasteiger partial charge in [-0.1, -0.05) is 11.9 Å². The van der Waals surface area contributed by atoms with Crippen LogP contribution in [0.3, 0.4) is 0 Å². The van der Waals surface area contributed by atoms with Crippen LogP contribution in [0, 0.1) is 5.92 Å². The zero-order valence-electron chi connectivity index (χ0n) is 16.3. The lowest BCUT2D eigenvalue weighted by Crippen LogP contribution is -2.37. The van der Waals surface area contributed by atoms with E-state index in [1.165, 1.54) is 31.4 Å². The quantitative estimate of drug-likeness (QED) is 0.572. The third-order valence-electron chi connectivity index (χ3n) is 4.81. The molecule has 0 spiro atoms. The Bertz CT molecular complexity index is 601. The molecule has 1 fully saturated rings. The number of hydrogen-bond donors (Lipinski definition) is 4. The third kappa shape index (κ3) is 5.53. The van der Waals surface area contributed by atoms with Gasteiger partial charge < -0.3 is 5.32 Å². The molecule has 1 aromatic rings. The molecule has 1 aliphatic heterocycles. The highest BCUT2D eigenvalue weighted by atomic mass is 32.2. The van der Waals surface area contributed by atoms with Gasteiger partial charge in [-0.3, -0.25) is 9.73 Å². The average Bonchev–Trinajstić information content (AvgIpc) is 3.05. The maximum Gasteiger partial charge on any atom is 0.172 e. The Labute approximate surface area is 161 Å². The van der Waals surface area contributed by atoms with Crippen molar-refractivity contribution in [3.63, 3.8) is 0 Å². The number of amidine groups is 1. The van der Waals surface area contributed by atoms with E-state index in [-0.39, 0.29) is 4.75 Å². The zero-order chi connectivity index (χ0) is 18.6. The van der Waals surface area contributed by atoms with Crippen LogP contribution in [-0.2, 0) is 0 Å². The van der Waals surface area contributed by atoms with E-state index in [1.807, 2.05) is 24.0 Å². The maximum absolute atomic E-state index is 4.23. The summed E-state index contributed by atoms with van der Waals surface area (Å²) in [4.78, 5) is 0. The molecule has 4 N–H and O–H groups in total. The number of hydrazone groups is 1. The summed E-state index contributed by atoms with van der Waals surface area (Å²) in [5, 5.41) is 9.70. The fourth-order valence-corrected chi connectivity index (χ4v) is 4.04. The molecule has 0 atom stereocenters. The standard InChI is InChI=1S/C19H32N6S/c1-19(2,3)26-22-17-9-5-14(6-10-17)13-20-16-11-7-15(8-12-16)18-21-23-24-25(18)4/h7-8,11-12,14,17,20,22-24H,5-6,9-10,13H2,1-4H3/t14-,17-. The minimum absolute atomic E-state index is 0.287. The van der Waals surface area contributed by atoms with Crippen LogP contribution in [0.2, 0.25) is 0 Å². The summed E-state index contributed by atoms with van der Waals surface area (Å²) in [6, 6.07) is 9.16. The Hall–Kier alpha value is -1.44. The molecule has 7 heteroatoms. The van der Waals surface area contributed by atoms with Crippen molar-refractivity contribution in [1.82, 2.24) is 20.8 Å². The monoisotopic (exact) mass is 376 g/mol. The Morgan fingerprint density at radius 3 is 2.42 bits per heavy atom. The lowest BCUT2D eigenvalue weighted by molar-refractivity contribution is 0.328. The Kier molecular flexibility index (Phi) is 6.32. The molecule has 0 unspecified atom stereocenters. The fraction of sp³-hybridized carbons (Fsp3) is 0.632. The summed E-state index contributed by atoms with van der Waals surface area (Å²) in [7, 11) is 1.94. The van der Waals surface area contributed by atoms with Gasteiger partial charge in [0.2, 0.25) is 0 Å². The van der Waals surface area contributed by atoms with Crippen molar-refractivity contribution < 1.29 is 0 Å². The molecule has 1 aliphatic carbocycles. The van der Waals surface area contributed by atoms with E-state index in [0.29, 0.717) is 6.04 Å².